The molecule has 0 aliphatic heterocycles. The molecular weight excluding hydrogens is 635 g/mol. The molecular formula is C47H33N5. The van der Waals surface area contributed by atoms with E-state index < -0.39 is 0 Å². The predicted octanol–water partition coefficient (Wildman–Crippen LogP) is 11.2. The lowest BCUT2D eigenvalue weighted by molar-refractivity contribution is 0.647. The zero-order valence-electron chi connectivity index (χ0n) is 28.9. The molecule has 0 amide bonds. The Morgan fingerprint density at radius 2 is 1.38 bits per heavy atom. The maximum atomic E-state index is 11.0. The first-order valence-corrected chi connectivity index (χ1v) is 17.3. The maximum Gasteiger partial charge on any atom is 0.102 e. The minimum Gasteiger partial charge on any atom is -0.313 e. The van der Waals surface area contributed by atoms with Crippen LogP contribution in [0.5, 0.6) is 0 Å². The molecule has 0 bridgehead atoms. The number of hydrogen-bond acceptors (Lipinski definition) is 3. The van der Waals surface area contributed by atoms with Gasteiger partial charge in [0.2, 0.25) is 0 Å². The fraction of sp³-hybridized carbons (Fsp3) is 0.0851. The summed E-state index contributed by atoms with van der Waals surface area (Å²) in [6.07, 6.45) is 9.89. The topological polar surface area (TPSA) is 81.2 Å². The summed E-state index contributed by atoms with van der Waals surface area (Å²) in [6.45, 7) is 8.08. The number of rotatable bonds is 6. The quantitative estimate of drug-likeness (QED) is 0.131. The zero-order valence-corrected chi connectivity index (χ0v) is 28.9. The van der Waals surface area contributed by atoms with Gasteiger partial charge in [0.05, 0.1) is 56.8 Å². The van der Waals surface area contributed by atoms with Crippen LogP contribution in [0.3, 0.4) is 0 Å². The van der Waals surface area contributed by atoms with Crippen LogP contribution in [0.1, 0.15) is 46.4 Å². The molecule has 2 aromatic heterocycles. The minimum atomic E-state index is -0.160. The van der Waals surface area contributed by atoms with Crippen LogP contribution < -0.4 is 0 Å². The number of hydrogen-bond donors (Lipinski definition) is 0. The Balaban J connectivity index is 1.37. The first-order valence-electron chi connectivity index (χ1n) is 17.3. The van der Waals surface area contributed by atoms with E-state index in [1.807, 2.05) is 61.5 Å². The van der Waals surface area contributed by atoms with Crippen molar-refractivity contribution < 1.29 is 0 Å². The molecule has 52 heavy (non-hydrogen) atoms. The fourth-order valence-electron chi connectivity index (χ4n) is 8.06. The van der Waals surface area contributed by atoms with Gasteiger partial charge in [0, 0.05) is 38.9 Å². The summed E-state index contributed by atoms with van der Waals surface area (Å²) >= 11 is 0. The van der Waals surface area contributed by atoms with E-state index in [1.54, 1.807) is 6.08 Å². The smallest absolute Gasteiger partial charge is 0.102 e. The normalized spacial score (nSPS) is 15.7. The standard InChI is InChI=1S/C47H33N5/c1-4-32(27-48)25-40-31(3)51(42-19-8-7-16-36(40)42)46-26-33(28-49)23-24-37(46)38-17-11-13-30(2)47(38)39-18-12-22-45(41(39)29-50)52-43-20-9-5-14-34(43)35-15-6-10-21-44(35)52/h4-26,30,47H,1H2,2-3H3/b32-25+. The molecule has 0 spiro atoms. The molecule has 0 radical (unpaired) electrons. The van der Waals surface area contributed by atoms with Gasteiger partial charge in [-0.1, -0.05) is 111 Å². The van der Waals surface area contributed by atoms with Crippen LogP contribution in [0, 0.1) is 46.8 Å². The monoisotopic (exact) mass is 667 g/mol. The van der Waals surface area contributed by atoms with Gasteiger partial charge in [-0.25, -0.2) is 0 Å². The summed E-state index contributed by atoms with van der Waals surface area (Å²) in [7, 11) is 0. The number of benzene rings is 5. The Hall–Kier alpha value is -7.13. The van der Waals surface area contributed by atoms with E-state index in [2.05, 4.69) is 120 Å². The summed E-state index contributed by atoms with van der Waals surface area (Å²) in [5, 5.41) is 34.2. The number of fused-ring (bicyclic) bond motifs is 4. The Morgan fingerprint density at radius 3 is 2.02 bits per heavy atom. The Labute approximate surface area is 302 Å². The van der Waals surface area contributed by atoms with Crippen molar-refractivity contribution in [1.82, 2.24) is 9.13 Å². The van der Waals surface area contributed by atoms with Crippen LogP contribution >= 0.6 is 0 Å². The summed E-state index contributed by atoms with van der Waals surface area (Å²) in [5.41, 5.74) is 11.3. The minimum absolute atomic E-state index is 0.0655. The summed E-state index contributed by atoms with van der Waals surface area (Å²) in [5.74, 6) is -0.0948. The Morgan fingerprint density at radius 1 is 0.731 bits per heavy atom. The van der Waals surface area contributed by atoms with Crippen molar-refractivity contribution in [2.45, 2.75) is 19.8 Å². The van der Waals surface area contributed by atoms with Crippen molar-refractivity contribution >= 4 is 44.4 Å². The van der Waals surface area contributed by atoms with Gasteiger partial charge in [0.15, 0.2) is 0 Å². The van der Waals surface area contributed by atoms with Gasteiger partial charge in [-0.15, -0.1) is 0 Å². The van der Waals surface area contributed by atoms with Gasteiger partial charge in [0.25, 0.3) is 0 Å². The van der Waals surface area contributed by atoms with Gasteiger partial charge in [0.1, 0.15) is 6.07 Å². The second-order valence-corrected chi connectivity index (χ2v) is 13.2. The van der Waals surface area contributed by atoms with Crippen LogP contribution in [-0.4, -0.2) is 9.13 Å². The van der Waals surface area contributed by atoms with Gasteiger partial charge in [-0.05, 0) is 66.5 Å². The largest absolute Gasteiger partial charge is 0.313 e. The van der Waals surface area contributed by atoms with Crippen LogP contribution in [-0.2, 0) is 0 Å². The third-order valence-electron chi connectivity index (χ3n) is 10.4. The fourth-order valence-corrected chi connectivity index (χ4v) is 8.06. The molecule has 2 unspecified atom stereocenters. The lowest BCUT2D eigenvalue weighted by Gasteiger charge is -2.31. The lowest BCUT2D eigenvalue weighted by atomic mass is 9.74. The Bertz CT molecular complexity index is 2780. The number of allylic oxidation sites excluding steroid dienone is 6. The van der Waals surface area contributed by atoms with Gasteiger partial charge in [-0.2, -0.15) is 15.8 Å². The number of nitriles is 3. The van der Waals surface area contributed by atoms with Gasteiger partial charge >= 0.3 is 0 Å². The molecule has 2 atom stereocenters. The highest BCUT2D eigenvalue weighted by Gasteiger charge is 2.31. The van der Waals surface area contributed by atoms with Crippen LogP contribution in [0.4, 0.5) is 0 Å². The van der Waals surface area contributed by atoms with E-state index in [0.29, 0.717) is 16.7 Å². The molecule has 0 saturated carbocycles. The molecule has 1 aliphatic rings. The average Bonchev–Trinajstić information content (AvgIpc) is 3.67. The third-order valence-corrected chi connectivity index (χ3v) is 10.4. The molecule has 7 aromatic rings. The average molecular weight is 668 g/mol. The van der Waals surface area contributed by atoms with Crippen molar-refractivity contribution in [2.24, 2.45) is 5.92 Å². The second-order valence-electron chi connectivity index (χ2n) is 13.2. The van der Waals surface area contributed by atoms with Gasteiger partial charge in [-0.3, -0.25) is 0 Å². The molecule has 5 heteroatoms. The highest BCUT2D eigenvalue weighted by atomic mass is 15.0. The summed E-state index contributed by atoms with van der Waals surface area (Å²) in [4.78, 5) is 0. The van der Waals surface area contributed by atoms with E-state index in [1.165, 1.54) is 0 Å². The van der Waals surface area contributed by atoms with Crippen LogP contribution in [0.15, 0.2) is 146 Å². The molecule has 5 nitrogen and oxygen atoms in total. The molecule has 2 heterocycles. The van der Waals surface area contributed by atoms with Crippen molar-refractivity contribution in [3.63, 3.8) is 0 Å². The van der Waals surface area contributed by atoms with Crippen molar-refractivity contribution in [1.29, 1.82) is 15.8 Å². The van der Waals surface area contributed by atoms with Gasteiger partial charge < -0.3 is 9.13 Å². The maximum absolute atomic E-state index is 11.0. The number of para-hydroxylation sites is 3. The first kappa shape index (κ1) is 32.1. The Kier molecular flexibility index (Phi) is 8.00. The lowest BCUT2D eigenvalue weighted by Crippen LogP contribution is -2.17. The number of nitrogens with zero attached hydrogens (tertiary/aromatic N) is 5. The molecule has 0 N–H and O–H groups in total. The van der Waals surface area contributed by atoms with E-state index in [4.69, 9.17) is 0 Å². The van der Waals surface area contributed by atoms with E-state index >= 15 is 0 Å². The highest BCUT2D eigenvalue weighted by molar-refractivity contribution is 6.09. The van der Waals surface area contributed by atoms with Crippen molar-refractivity contribution in [3.05, 3.63) is 179 Å². The van der Waals surface area contributed by atoms with E-state index in [0.717, 1.165) is 72.0 Å². The summed E-state index contributed by atoms with van der Waals surface area (Å²) < 4.78 is 4.41. The summed E-state index contributed by atoms with van der Waals surface area (Å²) in [6, 6.07) is 44.1. The molecule has 0 fully saturated rings. The van der Waals surface area contributed by atoms with Crippen molar-refractivity contribution in [2.75, 3.05) is 0 Å². The number of aromatic nitrogens is 2. The van der Waals surface area contributed by atoms with Crippen LogP contribution in [0.25, 0.3) is 55.7 Å². The van der Waals surface area contributed by atoms with E-state index in [-0.39, 0.29) is 11.8 Å². The van der Waals surface area contributed by atoms with Crippen LogP contribution in [0.2, 0.25) is 0 Å². The van der Waals surface area contributed by atoms with E-state index in [9.17, 15) is 15.8 Å². The molecule has 1 aliphatic carbocycles. The molecule has 246 valence electrons. The third kappa shape index (κ3) is 4.98. The second kappa shape index (κ2) is 13.0. The highest BCUT2D eigenvalue weighted by Crippen LogP contribution is 2.46. The molecule has 5 aromatic carbocycles. The SMILES string of the molecule is C=C/C(C#N)=C\c1c(C)n(-c2cc(C#N)ccc2C2=CC=CC(C)C2c2cccc(-n3c4ccccc4c4ccccc43)c2C#N)c2ccccc12. The molecule has 0 saturated heterocycles. The molecule has 8 rings (SSSR count). The zero-order chi connectivity index (χ0) is 35.9. The first-order chi connectivity index (χ1) is 25.5. The predicted molar refractivity (Wildman–Crippen MR) is 211 cm³/mol. The van der Waals surface area contributed by atoms with Crippen molar-refractivity contribution in [3.8, 4) is 29.6 Å².